The fourth-order valence-corrected chi connectivity index (χ4v) is 1.65. The third-order valence-corrected chi connectivity index (χ3v) is 2.58. The molecule has 4 nitrogen and oxygen atoms in total. The third kappa shape index (κ3) is 2.76. The molecule has 0 saturated carbocycles. The molecule has 0 atom stereocenters. The van der Waals surface area contributed by atoms with Crippen LogP contribution in [0.25, 0.3) is 0 Å². The Labute approximate surface area is 104 Å². The monoisotopic (exact) mass is 245 g/mol. The van der Waals surface area contributed by atoms with Crippen molar-refractivity contribution in [2.75, 3.05) is 0 Å². The first-order valence-corrected chi connectivity index (χ1v) is 5.48. The predicted molar refractivity (Wildman–Crippen MR) is 69.9 cm³/mol. The molecule has 17 heavy (non-hydrogen) atoms. The van der Waals surface area contributed by atoms with Gasteiger partial charge in [0.15, 0.2) is 0 Å². The first-order chi connectivity index (χ1) is 8.16. The number of rotatable bonds is 3. The number of nitrogens with zero attached hydrogens (tertiary/aromatic N) is 2. The van der Waals surface area contributed by atoms with E-state index in [1.54, 1.807) is 12.3 Å². The van der Waals surface area contributed by atoms with Crippen LogP contribution < -0.4 is 11.4 Å². The van der Waals surface area contributed by atoms with Gasteiger partial charge >= 0.3 is 5.69 Å². The van der Waals surface area contributed by atoms with Gasteiger partial charge in [0.2, 0.25) is 0 Å². The van der Waals surface area contributed by atoms with Crippen LogP contribution in [0.2, 0.25) is 0 Å². The zero-order chi connectivity index (χ0) is 12.3. The van der Waals surface area contributed by atoms with Gasteiger partial charge in [0.1, 0.15) is 4.99 Å². The molecule has 1 heterocycles. The lowest BCUT2D eigenvalue weighted by atomic mass is 10.1. The van der Waals surface area contributed by atoms with Crippen LogP contribution in [-0.2, 0) is 6.54 Å². The van der Waals surface area contributed by atoms with Crippen LogP contribution in [0.15, 0.2) is 47.5 Å². The number of nitrogens with two attached hydrogens (primary N) is 1. The minimum atomic E-state index is -0.270. The lowest BCUT2D eigenvalue weighted by Crippen LogP contribution is -2.22. The Morgan fingerprint density at radius 3 is 2.94 bits per heavy atom. The van der Waals surface area contributed by atoms with E-state index in [4.69, 9.17) is 18.0 Å². The van der Waals surface area contributed by atoms with Crippen LogP contribution in [0.3, 0.4) is 0 Å². The van der Waals surface area contributed by atoms with Gasteiger partial charge in [0.25, 0.3) is 0 Å². The molecule has 2 aromatic rings. The molecule has 1 aromatic carbocycles. The van der Waals surface area contributed by atoms with Crippen molar-refractivity contribution in [3.8, 4) is 0 Å². The molecule has 0 bridgehead atoms. The molecule has 0 fully saturated rings. The third-order valence-electron chi connectivity index (χ3n) is 2.35. The van der Waals surface area contributed by atoms with E-state index in [0.29, 0.717) is 11.5 Å². The average Bonchev–Trinajstić information content (AvgIpc) is 2.32. The largest absolute Gasteiger partial charge is 0.389 e. The highest BCUT2D eigenvalue weighted by Gasteiger charge is 2.00. The van der Waals surface area contributed by atoms with E-state index < -0.39 is 0 Å². The van der Waals surface area contributed by atoms with Gasteiger partial charge in [-0.25, -0.2) is 9.78 Å². The summed E-state index contributed by atoms with van der Waals surface area (Å²) in [4.78, 5) is 15.5. The zero-order valence-electron chi connectivity index (χ0n) is 9.04. The Hall–Kier alpha value is -2.01. The van der Waals surface area contributed by atoms with Crippen molar-refractivity contribution in [1.82, 2.24) is 9.55 Å². The Morgan fingerprint density at radius 2 is 2.24 bits per heavy atom. The molecule has 0 aliphatic rings. The van der Waals surface area contributed by atoms with E-state index in [1.165, 1.54) is 10.8 Å². The van der Waals surface area contributed by atoms with Gasteiger partial charge in [-0.3, -0.25) is 4.57 Å². The maximum atomic E-state index is 11.4. The van der Waals surface area contributed by atoms with E-state index in [9.17, 15) is 4.79 Å². The molecule has 0 amide bonds. The van der Waals surface area contributed by atoms with Crippen LogP contribution in [0.1, 0.15) is 11.1 Å². The van der Waals surface area contributed by atoms with Crippen LogP contribution in [-0.4, -0.2) is 14.5 Å². The van der Waals surface area contributed by atoms with Gasteiger partial charge in [-0.15, -0.1) is 0 Å². The fraction of sp³-hybridized carbons (Fsp3) is 0.0833. The quantitative estimate of drug-likeness (QED) is 0.817. The molecular weight excluding hydrogens is 234 g/mol. The van der Waals surface area contributed by atoms with Gasteiger partial charge in [-0.05, 0) is 17.7 Å². The van der Waals surface area contributed by atoms with Crippen molar-refractivity contribution < 1.29 is 0 Å². The maximum absolute atomic E-state index is 11.4. The van der Waals surface area contributed by atoms with E-state index >= 15 is 0 Å². The van der Waals surface area contributed by atoms with Gasteiger partial charge < -0.3 is 5.73 Å². The topological polar surface area (TPSA) is 60.9 Å². The smallest absolute Gasteiger partial charge is 0.347 e. The number of benzene rings is 1. The number of aromatic nitrogens is 2. The van der Waals surface area contributed by atoms with E-state index in [2.05, 4.69) is 4.98 Å². The van der Waals surface area contributed by atoms with Gasteiger partial charge in [-0.2, -0.15) is 0 Å². The first-order valence-electron chi connectivity index (χ1n) is 5.07. The second-order valence-electron chi connectivity index (χ2n) is 3.59. The van der Waals surface area contributed by atoms with Crippen LogP contribution in [0.5, 0.6) is 0 Å². The summed E-state index contributed by atoms with van der Waals surface area (Å²) in [5.41, 5.74) is 7.05. The molecule has 2 N–H and O–H groups in total. The molecular formula is C12H11N3OS. The molecule has 0 aliphatic carbocycles. The molecule has 5 heteroatoms. The van der Waals surface area contributed by atoms with E-state index in [0.717, 1.165) is 11.1 Å². The summed E-state index contributed by atoms with van der Waals surface area (Å²) in [5, 5.41) is 0. The molecule has 0 aliphatic heterocycles. The van der Waals surface area contributed by atoms with Crippen LogP contribution >= 0.6 is 12.2 Å². The van der Waals surface area contributed by atoms with E-state index in [-0.39, 0.29) is 5.69 Å². The number of hydrogen-bond acceptors (Lipinski definition) is 3. The van der Waals surface area contributed by atoms with Crippen molar-refractivity contribution in [2.24, 2.45) is 5.73 Å². The minimum absolute atomic E-state index is 0.270. The Kier molecular flexibility index (Phi) is 3.30. The lowest BCUT2D eigenvalue weighted by molar-refractivity contribution is 0.727. The molecule has 0 radical (unpaired) electrons. The SMILES string of the molecule is NC(=S)c1cccc(Cn2cccnc2=O)c1. The Balaban J connectivity index is 2.31. The lowest BCUT2D eigenvalue weighted by Gasteiger charge is -2.06. The van der Waals surface area contributed by atoms with Crippen molar-refractivity contribution in [2.45, 2.75) is 6.54 Å². The number of hydrogen-bond donors (Lipinski definition) is 1. The Morgan fingerprint density at radius 1 is 1.41 bits per heavy atom. The second-order valence-corrected chi connectivity index (χ2v) is 4.03. The summed E-state index contributed by atoms with van der Waals surface area (Å²) < 4.78 is 1.53. The fourth-order valence-electron chi connectivity index (χ4n) is 1.53. The van der Waals surface area contributed by atoms with Crippen molar-refractivity contribution in [1.29, 1.82) is 0 Å². The summed E-state index contributed by atoms with van der Waals surface area (Å²) in [6, 6.07) is 9.23. The molecule has 2 rings (SSSR count). The van der Waals surface area contributed by atoms with Crippen LogP contribution in [0, 0.1) is 0 Å². The van der Waals surface area contributed by atoms with Crippen molar-refractivity contribution in [3.05, 3.63) is 64.3 Å². The molecule has 0 unspecified atom stereocenters. The summed E-state index contributed by atoms with van der Waals surface area (Å²) in [5.74, 6) is 0. The molecule has 1 aromatic heterocycles. The highest BCUT2D eigenvalue weighted by molar-refractivity contribution is 7.80. The molecule has 0 saturated heterocycles. The van der Waals surface area contributed by atoms with Gasteiger partial charge in [-0.1, -0.05) is 30.4 Å². The Bertz CT molecular complexity index is 606. The normalized spacial score (nSPS) is 10.1. The second kappa shape index (κ2) is 4.88. The standard InChI is InChI=1S/C12H11N3OS/c13-11(17)10-4-1-3-9(7-10)8-15-6-2-5-14-12(15)16/h1-7H,8H2,(H2,13,17). The average molecular weight is 245 g/mol. The van der Waals surface area contributed by atoms with Crippen LogP contribution in [0.4, 0.5) is 0 Å². The highest BCUT2D eigenvalue weighted by atomic mass is 32.1. The summed E-state index contributed by atoms with van der Waals surface area (Å²) in [6.07, 6.45) is 3.17. The minimum Gasteiger partial charge on any atom is -0.389 e. The number of thiocarbonyl (C=S) groups is 1. The highest BCUT2D eigenvalue weighted by Crippen LogP contribution is 2.06. The summed E-state index contributed by atoms with van der Waals surface area (Å²) in [6.45, 7) is 0.461. The summed E-state index contributed by atoms with van der Waals surface area (Å²) in [7, 11) is 0. The molecule has 0 spiro atoms. The zero-order valence-corrected chi connectivity index (χ0v) is 9.85. The predicted octanol–water partition coefficient (Wildman–Crippen LogP) is 0.926. The van der Waals surface area contributed by atoms with Crippen molar-refractivity contribution in [3.63, 3.8) is 0 Å². The maximum Gasteiger partial charge on any atom is 0.347 e. The van der Waals surface area contributed by atoms with Gasteiger partial charge in [0, 0.05) is 18.0 Å². The van der Waals surface area contributed by atoms with E-state index in [1.807, 2.05) is 24.3 Å². The molecule has 86 valence electrons. The van der Waals surface area contributed by atoms with Crippen molar-refractivity contribution >= 4 is 17.2 Å². The first kappa shape index (κ1) is 11.5. The summed E-state index contributed by atoms with van der Waals surface area (Å²) >= 11 is 4.91. The van der Waals surface area contributed by atoms with Gasteiger partial charge in [0.05, 0.1) is 6.54 Å².